The van der Waals surface area contributed by atoms with E-state index in [4.69, 9.17) is 14.2 Å². The molecule has 27 heavy (non-hydrogen) atoms. The normalized spacial score (nSPS) is 10.8. The van der Waals surface area contributed by atoms with Crippen LogP contribution in [0.5, 0.6) is 17.2 Å². The lowest BCUT2D eigenvalue weighted by atomic mass is 10.2. The monoisotopic (exact) mass is 506 g/mol. The molecule has 7 nitrogen and oxygen atoms in total. The second kappa shape index (κ2) is 11.9. The molecule has 2 N–H and O–H groups in total. The van der Waals surface area contributed by atoms with Crippen LogP contribution in [-0.2, 0) is 19.5 Å². The number of methoxy groups -OCH3 is 3. The van der Waals surface area contributed by atoms with Crippen molar-refractivity contribution in [1.29, 1.82) is 0 Å². The zero-order valence-electron chi connectivity index (χ0n) is 16.3. The molecule has 0 fully saturated rings. The van der Waals surface area contributed by atoms with Gasteiger partial charge in [0.25, 0.3) is 0 Å². The number of ether oxygens (including phenoxy) is 3. The van der Waals surface area contributed by atoms with Crippen LogP contribution in [0, 0.1) is 0 Å². The highest BCUT2D eigenvalue weighted by molar-refractivity contribution is 14.0. The van der Waals surface area contributed by atoms with Gasteiger partial charge in [0, 0.05) is 24.7 Å². The Hall–Kier alpha value is -1.75. The Morgan fingerprint density at radius 3 is 2.19 bits per heavy atom. The van der Waals surface area contributed by atoms with Gasteiger partial charge in [0.1, 0.15) is 5.01 Å². The van der Waals surface area contributed by atoms with Crippen LogP contribution in [0.15, 0.2) is 23.3 Å². The minimum absolute atomic E-state index is 0. The Morgan fingerprint density at radius 2 is 1.70 bits per heavy atom. The summed E-state index contributed by atoms with van der Waals surface area (Å²) in [5.41, 5.74) is 0.991. The summed E-state index contributed by atoms with van der Waals surface area (Å²) in [4.78, 5) is 9.93. The van der Waals surface area contributed by atoms with Gasteiger partial charge >= 0.3 is 0 Å². The number of hydrogen-bond acceptors (Lipinski definition) is 6. The molecule has 2 aromatic rings. The molecule has 0 amide bonds. The summed E-state index contributed by atoms with van der Waals surface area (Å²) < 4.78 is 16.1. The molecular formula is C18H27IN4O3S. The molecule has 0 aliphatic carbocycles. The Kier molecular flexibility index (Phi) is 10.2. The number of benzene rings is 1. The highest BCUT2D eigenvalue weighted by Crippen LogP contribution is 2.38. The lowest BCUT2D eigenvalue weighted by Gasteiger charge is -2.15. The van der Waals surface area contributed by atoms with Crippen molar-refractivity contribution in [2.45, 2.75) is 26.4 Å². The number of guanidine groups is 1. The summed E-state index contributed by atoms with van der Waals surface area (Å²) in [6, 6.07) is 3.83. The fourth-order valence-corrected chi connectivity index (χ4v) is 3.20. The number of aromatic nitrogens is 1. The van der Waals surface area contributed by atoms with E-state index in [9.17, 15) is 0 Å². The maximum Gasteiger partial charge on any atom is 0.203 e. The smallest absolute Gasteiger partial charge is 0.203 e. The van der Waals surface area contributed by atoms with E-state index in [1.165, 1.54) is 4.88 Å². The first-order chi connectivity index (χ1) is 12.6. The molecule has 0 aliphatic rings. The lowest BCUT2D eigenvalue weighted by Crippen LogP contribution is -2.36. The predicted octanol–water partition coefficient (Wildman–Crippen LogP) is 3.21. The Balaban J connectivity index is 0.00000364. The molecule has 0 atom stereocenters. The number of thiazole rings is 1. The van der Waals surface area contributed by atoms with Gasteiger partial charge in [-0.15, -0.1) is 35.3 Å². The lowest BCUT2D eigenvalue weighted by molar-refractivity contribution is 0.323. The number of aliphatic imine (C=N–C) groups is 1. The van der Waals surface area contributed by atoms with Gasteiger partial charge in [0.2, 0.25) is 5.75 Å². The van der Waals surface area contributed by atoms with Crippen LogP contribution in [0.2, 0.25) is 0 Å². The molecule has 0 saturated heterocycles. The number of rotatable bonds is 8. The number of nitrogens with zero attached hydrogens (tertiary/aromatic N) is 2. The summed E-state index contributed by atoms with van der Waals surface area (Å²) in [6.45, 7) is 3.33. The van der Waals surface area contributed by atoms with Crippen LogP contribution in [-0.4, -0.2) is 39.3 Å². The molecule has 9 heteroatoms. The van der Waals surface area contributed by atoms with E-state index in [1.807, 2.05) is 18.3 Å². The SMILES string of the molecule is CCc1cnc(CNC(=NC)NCc2cc(OC)c(OC)c(OC)c2)s1.I. The third-order valence-electron chi connectivity index (χ3n) is 3.77. The zero-order chi connectivity index (χ0) is 18.9. The Labute approximate surface area is 181 Å². The van der Waals surface area contributed by atoms with E-state index in [1.54, 1.807) is 39.7 Å². The van der Waals surface area contributed by atoms with E-state index in [-0.39, 0.29) is 24.0 Å². The van der Waals surface area contributed by atoms with Crippen LogP contribution in [0.1, 0.15) is 22.4 Å². The van der Waals surface area contributed by atoms with Gasteiger partial charge < -0.3 is 24.8 Å². The average molecular weight is 506 g/mol. The number of hydrogen-bond donors (Lipinski definition) is 2. The third kappa shape index (κ3) is 6.42. The number of aryl methyl sites for hydroxylation is 1. The van der Waals surface area contributed by atoms with Crippen LogP contribution in [0.25, 0.3) is 0 Å². The molecule has 1 aromatic heterocycles. The van der Waals surface area contributed by atoms with E-state index in [0.29, 0.717) is 36.3 Å². The molecule has 0 radical (unpaired) electrons. The summed E-state index contributed by atoms with van der Waals surface area (Å²) in [6.07, 6.45) is 2.93. The van der Waals surface area contributed by atoms with Gasteiger partial charge in [-0.05, 0) is 24.1 Å². The standard InChI is InChI=1S/C18H26N4O3S.HI/c1-6-13-10-20-16(26-13)11-22-18(19-2)21-9-12-7-14(23-3)17(25-5)15(8-12)24-4;/h7-8,10H,6,9,11H2,1-5H3,(H2,19,21,22);1H. The van der Waals surface area contributed by atoms with Crippen LogP contribution >= 0.6 is 35.3 Å². The highest BCUT2D eigenvalue weighted by atomic mass is 127. The van der Waals surface area contributed by atoms with E-state index in [2.05, 4.69) is 27.5 Å². The highest BCUT2D eigenvalue weighted by Gasteiger charge is 2.13. The molecule has 0 unspecified atom stereocenters. The van der Waals surface area contributed by atoms with Crippen molar-refractivity contribution in [3.05, 3.63) is 33.8 Å². The maximum atomic E-state index is 5.39. The predicted molar refractivity (Wildman–Crippen MR) is 120 cm³/mol. The fourth-order valence-electron chi connectivity index (χ4n) is 2.40. The number of nitrogens with one attached hydrogen (secondary N) is 2. The Morgan fingerprint density at radius 1 is 1.07 bits per heavy atom. The molecule has 0 bridgehead atoms. The summed E-state index contributed by atoms with van der Waals surface area (Å²) in [5.74, 6) is 2.53. The molecule has 1 heterocycles. The quantitative estimate of drug-likeness (QED) is 0.326. The van der Waals surface area contributed by atoms with Crippen molar-refractivity contribution < 1.29 is 14.2 Å². The van der Waals surface area contributed by atoms with Crippen LogP contribution in [0.3, 0.4) is 0 Å². The molecule has 2 rings (SSSR count). The summed E-state index contributed by atoms with van der Waals surface area (Å²) >= 11 is 1.71. The molecule has 0 spiro atoms. The Bertz CT molecular complexity index is 727. The van der Waals surface area contributed by atoms with Crippen molar-refractivity contribution in [3.8, 4) is 17.2 Å². The number of halogens is 1. The van der Waals surface area contributed by atoms with Gasteiger partial charge in [-0.3, -0.25) is 4.99 Å². The third-order valence-corrected chi connectivity index (χ3v) is 4.91. The van der Waals surface area contributed by atoms with Gasteiger partial charge in [0.05, 0.1) is 27.9 Å². The first-order valence-electron chi connectivity index (χ1n) is 8.32. The summed E-state index contributed by atoms with van der Waals surface area (Å²) in [7, 11) is 6.54. The molecule has 0 aliphatic heterocycles. The van der Waals surface area contributed by atoms with Crippen molar-refractivity contribution in [2.75, 3.05) is 28.4 Å². The second-order valence-corrected chi connectivity index (χ2v) is 6.59. The molecule has 1 aromatic carbocycles. The topological polar surface area (TPSA) is 77.0 Å². The van der Waals surface area contributed by atoms with Crippen LogP contribution < -0.4 is 24.8 Å². The first kappa shape index (κ1) is 23.3. The zero-order valence-corrected chi connectivity index (χ0v) is 19.4. The molecular weight excluding hydrogens is 479 g/mol. The first-order valence-corrected chi connectivity index (χ1v) is 9.13. The average Bonchev–Trinajstić information content (AvgIpc) is 3.15. The van der Waals surface area contributed by atoms with Gasteiger partial charge in [-0.25, -0.2) is 4.98 Å². The minimum atomic E-state index is 0. The minimum Gasteiger partial charge on any atom is -0.493 e. The second-order valence-electron chi connectivity index (χ2n) is 5.39. The van der Waals surface area contributed by atoms with Crippen LogP contribution in [0.4, 0.5) is 0 Å². The molecule has 0 saturated carbocycles. The van der Waals surface area contributed by atoms with Crippen molar-refractivity contribution in [1.82, 2.24) is 15.6 Å². The van der Waals surface area contributed by atoms with E-state index >= 15 is 0 Å². The maximum absolute atomic E-state index is 5.39. The van der Waals surface area contributed by atoms with Crippen molar-refractivity contribution >= 4 is 41.3 Å². The van der Waals surface area contributed by atoms with Gasteiger partial charge in [-0.2, -0.15) is 0 Å². The largest absolute Gasteiger partial charge is 0.493 e. The van der Waals surface area contributed by atoms with E-state index in [0.717, 1.165) is 17.0 Å². The fraction of sp³-hybridized carbons (Fsp3) is 0.444. The summed E-state index contributed by atoms with van der Waals surface area (Å²) in [5, 5.41) is 7.59. The van der Waals surface area contributed by atoms with Gasteiger partial charge in [-0.1, -0.05) is 6.92 Å². The van der Waals surface area contributed by atoms with Crippen molar-refractivity contribution in [2.24, 2.45) is 4.99 Å². The van der Waals surface area contributed by atoms with Crippen molar-refractivity contribution in [3.63, 3.8) is 0 Å². The van der Waals surface area contributed by atoms with E-state index < -0.39 is 0 Å². The molecule has 150 valence electrons. The van der Waals surface area contributed by atoms with Gasteiger partial charge in [0.15, 0.2) is 17.5 Å².